The highest BCUT2D eigenvalue weighted by molar-refractivity contribution is 6.05. The van der Waals surface area contributed by atoms with Crippen molar-refractivity contribution < 1.29 is 0 Å². The van der Waals surface area contributed by atoms with Crippen molar-refractivity contribution >= 4 is 17.6 Å². The van der Waals surface area contributed by atoms with E-state index in [1.807, 2.05) is 11.6 Å². The fourth-order valence-corrected chi connectivity index (χ4v) is 4.30. The molecule has 142 valence electrons. The smallest absolute Gasteiger partial charge is 0.220 e. The Morgan fingerprint density at radius 2 is 1.85 bits per heavy atom. The van der Waals surface area contributed by atoms with E-state index < -0.39 is 5.66 Å². The van der Waals surface area contributed by atoms with Crippen LogP contribution < -0.4 is 16.4 Å². The standard InChI is InChI=1S/C20H27N7/c1-14-11-15(2)26(25-14)13-16-7-6-8-17(12-16)27-19(22)23-18(21)24-20(27)9-4-3-5-10-20/h6-8,11-12H,3-5,9-10,13H2,1-2H3,(H4,21,22,23,24). The molecule has 0 unspecified atom stereocenters. The zero-order valence-corrected chi connectivity index (χ0v) is 16.0. The van der Waals surface area contributed by atoms with Gasteiger partial charge in [-0.1, -0.05) is 18.6 Å². The Morgan fingerprint density at radius 1 is 1.07 bits per heavy atom. The Balaban J connectivity index is 1.69. The molecule has 1 aliphatic heterocycles. The molecule has 1 fully saturated rings. The average Bonchev–Trinajstić information content (AvgIpc) is 2.92. The van der Waals surface area contributed by atoms with Gasteiger partial charge < -0.3 is 11.5 Å². The highest BCUT2D eigenvalue weighted by Gasteiger charge is 2.42. The van der Waals surface area contributed by atoms with Gasteiger partial charge in [-0.3, -0.25) is 9.58 Å². The summed E-state index contributed by atoms with van der Waals surface area (Å²) < 4.78 is 2.02. The second-order valence-electron chi connectivity index (χ2n) is 7.57. The summed E-state index contributed by atoms with van der Waals surface area (Å²) in [6.07, 6.45) is 5.33. The number of aromatic nitrogens is 2. The van der Waals surface area contributed by atoms with Gasteiger partial charge in [0, 0.05) is 11.4 Å². The molecule has 1 spiro atoms. The Kier molecular flexibility index (Phi) is 4.37. The molecule has 1 aromatic heterocycles. The highest BCUT2D eigenvalue weighted by Crippen LogP contribution is 2.39. The molecular formula is C20H27N7. The molecule has 2 aliphatic rings. The van der Waals surface area contributed by atoms with Crippen molar-refractivity contribution in [1.29, 1.82) is 0 Å². The van der Waals surface area contributed by atoms with Crippen LogP contribution in [0.5, 0.6) is 0 Å². The number of rotatable bonds is 3. The van der Waals surface area contributed by atoms with Crippen LogP contribution in [0.1, 0.15) is 49.1 Å². The molecule has 0 amide bonds. The Bertz CT molecular complexity index is 903. The first-order valence-corrected chi connectivity index (χ1v) is 9.57. The van der Waals surface area contributed by atoms with E-state index in [1.165, 1.54) is 12.0 Å². The minimum Gasteiger partial charge on any atom is -0.369 e. The molecule has 7 nitrogen and oxygen atoms in total. The van der Waals surface area contributed by atoms with Gasteiger partial charge in [-0.05, 0) is 63.3 Å². The lowest BCUT2D eigenvalue weighted by molar-refractivity contribution is 0.305. The molecule has 4 N–H and O–H groups in total. The number of aliphatic imine (C=N–C) groups is 2. The molecule has 27 heavy (non-hydrogen) atoms. The van der Waals surface area contributed by atoms with Crippen LogP contribution in [0.25, 0.3) is 0 Å². The summed E-state index contributed by atoms with van der Waals surface area (Å²) in [7, 11) is 0. The molecule has 0 bridgehead atoms. The predicted molar refractivity (Wildman–Crippen MR) is 109 cm³/mol. The van der Waals surface area contributed by atoms with E-state index in [0.29, 0.717) is 5.96 Å². The number of anilines is 1. The van der Waals surface area contributed by atoms with E-state index in [4.69, 9.17) is 16.5 Å². The van der Waals surface area contributed by atoms with Crippen molar-refractivity contribution in [2.45, 2.75) is 58.2 Å². The Labute approximate surface area is 159 Å². The summed E-state index contributed by atoms with van der Waals surface area (Å²) in [6, 6.07) is 10.5. The lowest BCUT2D eigenvalue weighted by atomic mass is 9.87. The predicted octanol–water partition coefficient (Wildman–Crippen LogP) is 2.66. The fraction of sp³-hybridized carbons (Fsp3) is 0.450. The van der Waals surface area contributed by atoms with Gasteiger partial charge in [0.1, 0.15) is 5.66 Å². The van der Waals surface area contributed by atoms with Gasteiger partial charge in [-0.15, -0.1) is 0 Å². The van der Waals surface area contributed by atoms with E-state index in [2.05, 4.69) is 52.2 Å². The molecule has 1 aliphatic carbocycles. The zero-order valence-electron chi connectivity index (χ0n) is 16.0. The van der Waals surface area contributed by atoms with Gasteiger partial charge in [-0.25, -0.2) is 4.99 Å². The van der Waals surface area contributed by atoms with Crippen LogP contribution in [-0.4, -0.2) is 27.4 Å². The van der Waals surface area contributed by atoms with Crippen LogP contribution in [-0.2, 0) is 6.54 Å². The van der Waals surface area contributed by atoms with Crippen LogP contribution in [0, 0.1) is 13.8 Å². The number of benzene rings is 1. The molecule has 0 saturated heterocycles. The van der Waals surface area contributed by atoms with Crippen LogP contribution in [0.15, 0.2) is 40.3 Å². The zero-order chi connectivity index (χ0) is 19.0. The quantitative estimate of drug-likeness (QED) is 0.873. The maximum absolute atomic E-state index is 6.33. The minimum absolute atomic E-state index is 0.282. The topological polar surface area (TPSA) is 97.8 Å². The van der Waals surface area contributed by atoms with E-state index in [1.54, 1.807) is 0 Å². The first-order valence-electron chi connectivity index (χ1n) is 9.57. The third kappa shape index (κ3) is 3.29. The Hall–Kier alpha value is -2.83. The van der Waals surface area contributed by atoms with Crippen molar-refractivity contribution in [1.82, 2.24) is 9.78 Å². The second-order valence-corrected chi connectivity index (χ2v) is 7.57. The summed E-state index contributed by atoms with van der Waals surface area (Å²) in [5, 5.41) is 4.57. The van der Waals surface area contributed by atoms with E-state index in [-0.39, 0.29) is 5.96 Å². The molecule has 2 aromatic rings. The van der Waals surface area contributed by atoms with Crippen LogP contribution in [0.3, 0.4) is 0 Å². The number of aryl methyl sites for hydroxylation is 2. The first kappa shape index (κ1) is 17.6. The summed E-state index contributed by atoms with van der Waals surface area (Å²) in [6.45, 7) is 4.81. The number of nitrogens with zero attached hydrogens (tertiary/aromatic N) is 5. The summed E-state index contributed by atoms with van der Waals surface area (Å²) in [5.74, 6) is 0.706. The number of hydrogen-bond acceptors (Lipinski definition) is 6. The SMILES string of the molecule is Cc1cc(C)n(Cc2cccc(N3C(N)=NC(N)=NC34CCCCC4)c2)n1. The van der Waals surface area contributed by atoms with Gasteiger partial charge in [0.2, 0.25) is 11.9 Å². The summed E-state index contributed by atoms with van der Waals surface area (Å²) in [5.41, 5.74) is 16.2. The van der Waals surface area contributed by atoms with Crippen molar-refractivity contribution in [2.75, 3.05) is 4.90 Å². The third-order valence-electron chi connectivity index (χ3n) is 5.46. The van der Waals surface area contributed by atoms with E-state index >= 15 is 0 Å². The van der Waals surface area contributed by atoms with Crippen molar-refractivity contribution in [3.8, 4) is 0 Å². The van der Waals surface area contributed by atoms with Gasteiger partial charge in [0.15, 0.2) is 0 Å². The minimum atomic E-state index is -0.412. The number of nitrogens with two attached hydrogens (primary N) is 2. The summed E-state index contributed by atoms with van der Waals surface area (Å²) in [4.78, 5) is 11.1. The number of hydrogen-bond donors (Lipinski definition) is 2. The lowest BCUT2D eigenvalue weighted by Crippen LogP contribution is -2.58. The molecule has 0 radical (unpaired) electrons. The van der Waals surface area contributed by atoms with Gasteiger partial charge in [-0.2, -0.15) is 10.1 Å². The number of guanidine groups is 2. The third-order valence-corrected chi connectivity index (χ3v) is 5.46. The monoisotopic (exact) mass is 365 g/mol. The second kappa shape index (κ2) is 6.72. The van der Waals surface area contributed by atoms with Crippen molar-refractivity contribution in [3.05, 3.63) is 47.3 Å². The van der Waals surface area contributed by atoms with Crippen molar-refractivity contribution in [3.63, 3.8) is 0 Å². The molecule has 2 heterocycles. The summed E-state index contributed by atoms with van der Waals surface area (Å²) >= 11 is 0. The maximum atomic E-state index is 6.33. The first-order chi connectivity index (χ1) is 13.0. The molecular weight excluding hydrogens is 338 g/mol. The normalized spacial score (nSPS) is 19.1. The Morgan fingerprint density at radius 3 is 2.56 bits per heavy atom. The van der Waals surface area contributed by atoms with E-state index in [0.717, 1.165) is 49.3 Å². The molecule has 4 rings (SSSR count). The van der Waals surface area contributed by atoms with Crippen LogP contribution in [0.4, 0.5) is 5.69 Å². The maximum Gasteiger partial charge on any atom is 0.220 e. The molecule has 1 saturated carbocycles. The highest BCUT2D eigenvalue weighted by atomic mass is 15.4. The van der Waals surface area contributed by atoms with Gasteiger partial charge >= 0.3 is 0 Å². The van der Waals surface area contributed by atoms with Gasteiger partial charge in [0.25, 0.3) is 0 Å². The van der Waals surface area contributed by atoms with Crippen LogP contribution >= 0.6 is 0 Å². The lowest BCUT2D eigenvalue weighted by Gasteiger charge is -2.45. The van der Waals surface area contributed by atoms with Gasteiger partial charge in [0.05, 0.1) is 12.2 Å². The van der Waals surface area contributed by atoms with E-state index in [9.17, 15) is 0 Å². The van der Waals surface area contributed by atoms with Crippen LogP contribution in [0.2, 0.25) is 0 Å². The fourth-order valence-electron chi connectivity index (χ4n) is 4.30. The molecule has 0 atom stereocenters. The largest absolute Gasteiger partial charge is 0.369 e. The molecule has 1 aromatic carbocycles. The van der Waals surface area contributed by atoms with Crippen molar-refractivity contribution in [2.24, 2.45) is 21.5 Å². The average molecular weight is 365 g/mol. The molecule has 7 heteroatoms.